The lowest BCUT2D eigenvalue weighted by Gasteiger charge is -2.32. The van der Waals surface area contributed by atoms with Crippen LogP contribution >= 0.6 is 23.0 Å². The zero-order valence-electron chi connectivity index (χ0n) is 16.4. The second-order valence-corrected chi connectivity index (χ2v) is 7.08. The number of ether oxygens (including phenoxy) is 2. The lowest BCUT2D eigenvalue weighted by Crippen LogP contribution is -2.25. The molecule has 3 aromatic carbocycles. The van der Waals surface area contributed by atoms with Crippen LogP contribution in [-0.4, -0.2) is 13.2 Å². The Morgan fingerprint density at radius 3 is 1.21 bits per heavy atom. The van der Waals surface area contributed by atoms with E-state index in [9.17, 15) is 0 Å². The van der Waals surface area contributed by atoms with Crippen LogP contribution in [0.3, 0.4) is 0 Å². The maximum Gasteiger partial charge on any atom is 0.192 e. The van der Waals surface area contributed by atoms with E-state index in [4.69, 9.17) is 12.5 Å². The molecular formula is C24H25IO3. The standard InChI is InChI=1S/C24H25IO3/c1-4-26-21-12-6-18(7-13-21)24(3,20-10-16-23(28-25)17-11-20)19-8-14-22(15-9-19)27-5-2/h6-17H,4-5H2,1-3H3. The van der Waals surface area contributed by atoms with E-state index in [0.29, 0.717) is 13.2 Å². The van der Waals surface area contributed by atoms with Gasteiger partial charge >= 0.3 is 0 Å². The first kappa shape index (κ1) is 20.5. The minimum absolute atomic E-state index is 0.320. The summed E-state index contributed by atoms with van der Waals surface area (Å²) in [4.78, 5) is 0. The highest BCUT2D eigenvalue weighted by Gasteiger charge is 2.31. The Balaban J connectivity index is 2.08. The summed E-state index contributed by atoms with van der Waals surface area (Å²) in [6.07, 6.45) is 0. The van der Waals surface area contributed by atoms with Crippen molar-refractivity contribution in [2.75, 3.05) is 13.2 Å². The quantitative estimate of drug-likeness (QED) is 0.265. The van der Waals surface area contributed by atoms with Crippen LogP contribution in [0.1, 0.15) is 37.5 Å². The summed E-state index contributed by atoms with van der Waals surface area (Å²) in [5.41, 5.74) is 3.27. The summed E-state index contributed by atoms with van der Waals surface area (Å²) in [6.45, 7) is 7.56. The predicted molar refractivity (Wildman–Crippen MR) is 122 cm³/mol. The van der Waals surface area contributed by atoms with Crippen LogP contribution in [0.25, 0.3) is 0 Å². The normalized spacial score (nSPS) is 11.1. The highest BCUT2D eigenvalue weighted by Crippen LogP contribution is 2.40. The molecule has 0 unspecified atom stereocenters. The average molecular weight is 488 g/mol. The molecule has 0 aliphatic heterocycles. The van der Waals surface area contributed by atoms with Crippen LogP contribution in [0, 0.1) is 0 Å². The number of rotatable bonds is 8. The van der Waals surface area contributed by atoms with E-state index < -0.39 is 0 Å². The molecule has 3 nitrogen and oxygen atoms in total. The van der Waals surface area contributed by atoms with Crippen molar-refractivity contribution < 1.29 is 12.5 Å². The van der Waals surface area contributed by atoms with E-state index in [1.807, 2.05) is 73.3 Å². The highest BCUT2D eigenvalue weighted by atomic mass is 127. The van der Waals surface area contributed by atoms with Gasteiger partial charge in [-0.3, -0.25) is 0 Å². The van der Waals surface area contributed by atoms with Crippen LogP contribution in [0.5, 0.6) is 17.2 Å². The minimum atomic E-state index is -0.320. The summed E-state index contributed by atoms with van der Waals surface area (Å²) >= 11 is 1.90. The zero-order chi connectivity index (χ0) is 20.0. The third-order valence-electron chi connectivity index (χ3n) is 5.01. The summed E-state index contributed by atoms with van der Waals surface area (Å²) in [7, 11) is 0. The average Bonchev–Trinajstić information content (AvgIpc) is 2.75. The van der Waals surface area contributed by atoms with Gasteiger partial charge in [-0.05, 0) is 73.9 Å². The summed E-state index contributed by atoms with van der Waals surface area (Å²) in [5, 5.41) is 0. The van der Waals surface area contributed by atoms with Gasteiger partial charge < -0.3 is 12.5 Å². The molecule has 0 spiro atoms. The van der Waals surface area contributed by atoms with Gasteiger partial charge in [0, 0.05) is 5.41 Å². The van der Waals surface area contributed by atoms with E-state index in [0.717, 1.165) is 17.2 Å². The topological polar surface area (TPSA) is 27.7 Å². The first-order valence-corrected chi connectivity index (χ1v) is 10.4. The van der Waals surface area contributed by atoms with E-state index >= 15 is 0 Å². The van der Waals surface area contributed by atoms with Gasteiger partial charge in [0.15, 0.2) is 23.0 Å². The summed E-state index contributed by atoms with van der Waals surface area (Å²) < 4.78 is 16.6. The smallest absolute Gasteiger partial charge is 0.192 e. The Morgan fingerprint density at radius 2 is 0.929 bits per heavy atom. The molecule has 4 heteroatoms. The first-order valence-electron chi connectivity index (χ1n) is 9.47. The van der Waals surface area contributed by atoms with Gasteiger partial charge in [-0.25, -0.2) is 0 Å². The fraction of sp³-hybridized carbons (Fsp3) is 0.250. The SMILES string of the molecule is CCOc1ccc(C(C)(c2ccc(OI)cc2)c2ccc(OCC)cc2)cc1. The van der Waals surface area contributed by atoms with Gasteiger partial charge in [0.1, 0.15) is 17.2 Å². The lowest BCUT2D eigenvalue weighted by molar-refractivity contribution is 0.340. The Morgan fingerprint density at radius 1 is 0.607 bits per heavy atom. The van der Waals surface area contributed by atoms with E-state index in [2.05, 4.69) is 43.3 Å². The zero-order valence-corrected chi connectivity index (χ0v) is 18.6. The van der Waals surface area contributed by atoms with Gasteiger partial charge in [0.2, 0.25) is 0 Å². The fourth-order valence-corrected chi connectivity index (χ4v) is 3.74. The molecule has 0 saturated heterocycles. The van der Waals surface area contributed by atoms with Crippen LogP contribution in [-0.2, 0) is 5.41 Å². The van der Waals surface area contributed by atoms with Crippen molar-refractivity contribution in [3.63, 3.8) is 0 Å². The minimum Gasteiger partial charge on any atom is -0.494 e. The molecule has 0 atom stereocenters. The Kier molecular flexibility index (Phi) is 6.83. The molecule has 0 amide bonds. The molecule has 0 saturated carbocycles. The van der Waals surface area contributed by atoms with E-state index in [-0.39, 0.29) is 5.41 Å². The van der Waals surface area contributed by atoms with E-state index in [1.54, 1.807) is 0 Å². The number of hydrogen-bond acceptors (Lipinski definition) is 3. The molecule has 0 aliphatic carbocycles. The third-order valence-corrected chi connectivity index (χ3v) is 5.51. The second-order valence-electron chi connectivity index (χ2n) is 6.64. The molecule has 3 rings (SSSR count). The monoisotopic (exact) mass is 488 g/mol. The molecule has 0 aromatic heterocycles. The largest absolute Gasteiger partial charge is 0.494 e. The van der Waals surface area contributed by atoms with Crippen LogP contribution < -0.4 is 12.5 Å². The number of benzene rings is 3. The van der Waals surface area contributed by atoms with Crippen molar-refractivity contribution in [3.8, 4) is 17.2 Å². The molecule has 28 heavy (non-hydrogen) atoms. The first-order chi connectivity index (χ1) is 13.6. The van der Waals surface area contributed by atoms with Gasteiger partial charge in [-0.15, -0.1) is 0 Å². The molecule has 146 valence electrons. The molecule has 0 radical (unpaired) electrons. The van der Waals surface area contributed by atoms with Gasteiger partial charge in [-0.1, -0.05) is 36.4 Å². The van der Waals surface area contributed by atoms with Crippen LogP contribution in [0.15, 0.2) is 72.8 Å². The highest BCUT2D eigenvalue weighted by molar-refractivity contribution is 14.1. The number of hydrogen-bond donors (Lipinski definition) is 0. The molecule has 0 N–H and O–H groups in total. The van der Waals surface area contributed by atoms with Crippen molar-refractivity contribution in [2.45, 2.75) is 26.2 Å². The van der Waals surface area contributed by atoms with Crippen molar-refractivity contribution in [1.82, 2.24) is 0 Å². The Hall–Kier alpha value is -2.21. The Bertz CT molecular complexity index is 822. The Labute approximate surface area is 181 Å². The molecular weight excluding hydrogens is 463 g/mol. The van der Waals surface area contributed by atoms with Crippen molar-refractivity contribution in [3.05, 3.63) is 89.5 Å². The number of halogens is 1. The summed E-state index contributed by atoms with van der Waals surface area (Å²) in [5.74, 6) is 2.60. The van der Waals surface area contributed by atoms with Gasteiger partial charge in [-0.2, -0.15) is 0 Å². The molecule has 0 aliphatic rings. The van der Waals surface area contributed by atoms with Crippen molar-refractivity contribution in [1.29, 1.82) is 0 Å². The van der Waals surface area contributed by atoms with Gasteiger partial charge in [0.25, 0.3) is 0 Å². The summed E-state index contributed by atoms with van der Waals surface area (Å²) in [6, 6.07) is 25.0. The van der Waals surface area contributed by atoms with E-state index in [1.165, 1.54) is 16.7 Å². The third kappa shape index (κ3) is 4.27. The molecule has 0 bridgehead atoms. The van der Waals surface area contributed by atoms with Crippen molar-refractivity contribution in [2.24, 2.45) is 0 Å². The maximum atomic E-state index is 5.62. The van der Waals surface area contributed by atoms with Crippen LogP contribution in [0.2, 0.25) is 0 Å². The molecule has 0 heterocycles. The maximum absolute atomic E-state index is 5.62. The van der Waals surface area contributed by atoms with Crippen LogP contribution in [0.4, 0.5) is 0 Å². The second kappa shape index (κ2) is 9.32. The molecule has 0 fully saturated rings. The van der Waals surface area contributed by atoms with Gasteiger partial charge in [0.05, 0.1) is 13.2 Å². The lowest BCUT2D eigenvalue weighted by atomic mass is 9.71. The van der Waals surface area contributed by atoms with Crippen molar-refractivity contribution >= 4 is 23.0 Å². The molecule has 3 aromatic rings. The fourth-order valence-electron chi connectivity index (χ4n) is 3.44. The predicted octanol–water partition coefficient (Wildman–Crippen LogP) is 6.57.